The number of nitrogens with zero attached hydrogens (tertiary/aromatic N) is 3. The Morgan fingerprint density at radius 1 is 1.11 bits per heavy atom. The van der Waals surface area contributed by atoms with Crippen LogP contribution in [-0.4, -0.2) is 36.3 Å². The molecule has 0 bridgehead atoms. The van der Waals surface area contributed by atoms with Gasteiger partial charge in [0.25, 0.3) is 0 Å². The van der Waals surface area contributed by atoms with E-state index in [4.69, 9.17) is 25.8 Å². The van der Waals surface area contributed by atoms with Crippen molar-refractivity contribution in [2.45, 2.75) is 5.88 Å². The van der Waals surface area contributed by atoms with Gasteiger partial charge in [-0.25, -0.2) is 4.68 Å². The number of hydrogen-bond acceptors (Lipinski definition) is 5. The summed E-state index contributed by atoms with van der Waals surface area (Å²) in [5, 5.41) is 7.93. The Kier molecular flexibility index (Phi) is 4.11. The van der Waals surface area contributed by atoms with Crippen LogP contribution in [-0.2, 0) is 5.88 Å². The van der Waals surface area contributed by atoms with E-state index in [0.717, 1.165) is 5.69 Å². The van der Waals surface area contributed by atoms with Crippen molar-refractivity contribution < 1.29 is 14.2 Å². The molecular formula is C12H14ClN3O3. The Bertz CT molecular complexity index is 546. The van der Waals surface area contributed by atoms with Crippen LogP contribution in [0, 0.1) is 0 Å². The number of aromatic nitrogens is 3. The summed E-state index contributed by atoms with van der Waals surface area (Å²) in [7, 11) is 4.68. The molecule has 102 valence electrons. The van der Waals surface area contributed by atoms with Crippen molar-refractivity contribution in [3.8, 4) is 22.9 Å². The zero-order chi connectivity index (χ0) is 13.8. The van der Waals surface area contributed by atoms with E-state index in [1.54, 1.807) is 44.3 Å². The Morgan fingerprint density at radius 2 is 1.74 bits per heavy atom. The lowest BCUT2D eigenvalue weighted by atomic mass is 10.2. The number of hydrogen-bond donors (Lipinski definition) is 0. The van der Waals surface area contributed by atoms with Crippen molar-refractivity contribution in [1.82, 2.24) is 15.0 Å². The molecule has 0 saturated carbocycles. The summed E-state index contributed by atoms with van der Waals surface area (Å²) < 4.78 is 17.4. The number of ether oxygens (including phenoxy) is 3. The van der Waals surface area contributed by atoms with Crippen LogP contribution in [0.15, 0.2) is 18.3 Å². The van der Waals surface area contributed by atoms with Crippen molar-refractivity contribution in [3.05, 3.63) is 24.0 Å². The van der Waals surface area contributed by atoms with E-state index < -0.39 is 0 Å². The average Bonchev–Trinajstić information content (AvgIpc) is 2.94. The number of rotatable bonds is 5. The van der Waals surface area contributed by atoms with E-state index in [9.17, 15) is 0 Å². The minimum atomic E-state index is 0.310. The lowest BCUT2D eigenvalue weighted by Gasteiger charge is -2.13. The minimum absolute atomic E-state index is 0.310. The molecule has 6 nitrogen and oxygen atoms in total. The smallest absolute Gasteiger partial charge is 0.203 e. The highest BCUT2D eigenvalue weighted by Gasteiger charge is 2.14. The van der Waals surface area contributed by atoms with E-state index in [1.165, 1.54) is 0 Å². The number of benzene rings is 1. The quantitative estimate of drug-likeness (QED) is 0.786. The largest absolute Gasteiger partial charge is 0.493 e. The molecule has 7 heteroatoms. The SMILES string of the molecule is COc1cc(-n2cc(CCl)nn2)cc(OC)c1OC. The molecule has 19 heavy (non-hydrogen) atoms. The Hall–Kier alpha value is -1.95. The summed E-state index contributed by atoms with van der Waals surface area (Å²) in [6.45, 7) is 0. The molecule has 0 aliphatic carbocycles. The van der Waals surface area contributed by atoms with Crippen LogP contribution in [0.25, 0.3) is 5.69 Å². The van der Waals surface area contributed by atoms with E-state index in [0.29, 0.717) is 28.8 Å². The highest BCUT2D eigenvalue weighted by molar-refractivity contribution is 6.16. The standard InChI is InChI=1S/C12H14ClN3O3/c1-17-10-4-9(5-11(18-2)12(10)19-3)16-7-8(6-13)14-15-16/h4-5,7H,6H2,1-3H3. The molecule has 0 amide bonds. The second-order valence-electron chi connectivity index (χ2n) is 3.67. The van der Waals surface area contributed by atoms with Gasteiger partial charge in [0, 0.05) is 12.1 Å². The molecule has 0 radical (unpaired) electrons. The lowest BCUT2D eigenvalue weighted by molar-refractivity contribution is 0.324. The van der Waals surface area contributed by atoms with E-state index >= 15 is 0 Å². The Labute approximate surface area is 115 Å². The fraction of sp³-hybridized carbons (Fsp3) is 0.333. The maximum Gasteiger partial charge on any atom is 0.203 e. The third kappa shape index (κ3) is 2.58. The van der Waals surface area contributed by atoms with Crippen LogP contribution in [0.3, 0.4) is 0 Å². The van der Waals surface area contributed by atoms with Crippen LogP contribution >= 0.6 is 11.6 Å². The molecule has 1 aromatic heterocycles. The zero-order valence-corrected chi connectivity index (χ0v) is 11.6. The van der Waals surface area contributed by atoms with Gasteiger partial charge in [-0.2, -0.15) is 0 Å². The predicted octanol–water partition coefficient (Wildman–Crippen LogP) is 2.03. The maximum absolute atomic E-state index is 5.71. The zero-order valence-electron chi connectivity index (χ0n) is 10.9. The Balaban J connectivity index is 2.51. The van der Waals surface area contributed by atoms with Crippen molar-refractivity contribution >= 4 is 11.6 Å². The second-order valence-corrected chi connectivity index (χ2v) is 3.94. The molecule has 0 fully saturated rings. The van der Waals surface area contributed by atoms with E-state index in [2.05, 4.69) is 10.3 Å². The molecule has 1 heterocycles. The molecule has 0 spiro atoms. The van der Waals surface area contributed by atoms with Crippen LogP contribution in [0.2, 0.25) is 0 Å². The highest BCUT2D eigenvalue weighted by Crippen LogP contribution is 2.39. The van der Waals surface area contributed by atoms with Gasteiger partial charge in [0.05, 0.1) is 44.8 Å². The van der Waals surface area contributed by atoms with Gasteiger partial charge >= 0.3 is 0 Å². The third-order valence-electron chi connectivity index (χ3n) is 2.59. The third-order valence-corrected chi connectivity index (χ3v) is 2.87. The number of alkyl halides is 1. The fourth-order valence-electron chi connectivity index (χ4n) is 1.69. The topological polar surface area (TPSA) is 58.4 Å². The van der Waals surface area contributed by atoms with Crippen molar-refractivity contribution in [1.29, 1.82) is 0 Å². The molecule has 2 aromatic rings. The summed E-state index contributed by atoms with van der Waals surface area (Å²) >= 11 is 5.71. The normalized spacial score (nSPS) is 10.3. The van der Waals surface area contributed by atoms with Gasteiger partial charge in [0.15, 0.2) is 11.5 Å². The predicted molar refractivity (Wildman–Crippen MR) is 70.6 cm³/mol. The van der Waals surface area contributed by atoms with Crippen LogP contribution in [0.4, 0.5) is 0 Å². The molecule has 0 aliphatic heterocycles. The minimum Gasteiger partial charge on any atom is -0.493 e. The van der Waals surface area contributed by atoms with Crippen molar-refractivity contribution in [2.75, 3.05) is 21.3 Å². The lowest BCUT2D eigenvalue weighted by Crippen LogP contribution is -2.00. The van der Waals surface area contributed by atoms with Crippen molar-refractivity contribution in [2.24, 2.45) is 0 Å². The monoisotopic (exact) mass is 283 g/mol. The molecule has 2 rings (SSSR count). The average molecular weight is 284 g/mol. The van der Waals surface area contributed by atoms with Gasteiger partial charge in [-0.3, -0.25) is 0 Å². The first kappa shape index (κ1) is 13.5. The number of methoxy groups -OCH3 is 3. The molecule has 0 saturated heterocycles. The van der Waals surface area contributed by atoms with Gasteiger partial charge in [0.2, 0.25) is 5.75 Å². The number of halogens is 1. The van der Waals surface area contributed by atoms with Gasteiger partial charge in [-0.1, -0.05) is 5.21 Å². The van der Waals surface area contributed by atoms with Crippen LogP contribution < -0.4 is 14.2 Å². The second kappa shape index (κ2) is 5.79. The van der Waals surface area contributed by atoms with Crippen molar-refractivity contribution in [3.63, 3.8) is 0 Å². The Morgan fingerprint density at radius 3 is 2.16 bits per heavy atom. The first-order chi connectivity index (χ1) is 9.23. The maximum atomic E-state index is 5.71. The molecule has 0 unspecified atom stereocenters. The summed E-state index contributed by atoms with van der Waals surface area (Å²) in [4.78, 5) is 0. The first-order valence-electron chi connectivity index (χ1n) is 5.51. The van der Waals surface area contributed by atoms with Gasteiger partial charge < -0.3 is 14.2 Å². The highest BCUT2D eigenvalue weighted by atomic mass is 35.5. The summed E-state index contributed by atoms with van der Waals surface area (Å²) in [5.41, 5.74) is 1.44. The van der Waals surface area contributed by atoms with E-state index in [1.807, 2.05) is 0 Å². The molecule has 0 aliphatic rings. The molecular weight excluding hydrogens is 270 g/mol. The van der Waals surface area contributed by atoms with Gasteiger partial charge in [0.1, 0.15) is 0 Å². The fourth-order valence-corrected chi connectivity index (χ4v) is 1.81. The van der Waals surface area contributed by atoms with Crippen LogP contribution in [0.1, 0.15) is 5.69 Å². The molecule has 1 aromatic carbocycles. The van der Waals surface area contributed by atoms with E-state index in [-0.39, 0.29) is 0 Å². The van der Waals surface area contributed by atoms with Gasteiger partial charge in [-0.15, -0.1) is 16.7 Å². The summed E-state index contributed by atoms with van der Waals surface area (Å²) in [6.07, 6.45) is 1.74. The summed E-state index contributed by atoms with van der Waals surface area (Å²) in [5.74, 6) is 1.95. The van der Waals surface area contributed by atoms with Crippen LogP contribution in [0.5, 0.6) is 17.2 Å². The summed E-state index contributed by atoms with van der Waals surface area (Å²) in [6, 6.07) is 3.57. The molecule has 0 atom stereocenters. The van der Waals surface area contributed by atoms with Gasteiger partial charge in [-0.05, 0) is 0 Å². The first-order valence-corrected chi connectivity index (χ1v) is 6.04. The molecule has 0 N–H and O–H groups in total.